The number of hydrogen-bond donors (Lipinski definition) is 3. The van der Waals surface area contributed by atoms with Crippen molar-refractivity contribution in [2.24, 2.45) is 0 Å². The quantitative estimate of drug-likeness (QED) is 0.481. The van der Waals surface area contributed by atoms with Gasteiger partial charge in [0.2, 0.25) is 11.8 Å². The van der Waals surface area contributed by atoms with E-state index in [1.54, 1.807) is 18.2 Å². The fraction of sp³-hybridized carbons (Fsp3) is 0.500. The van der Waals surface area contributed by atoms with Crippen LogP contribution in [0.5, 0.6) is 5.75 Å². The van der Waals surface area contributed by atoms with Crippen LogP contribution in [0.15, 0.2) is 24.3 Å². The molecule has 0 aliphatic heterocycles. The van der Waals surface area contributed by atoms with Crippen molar-refractivity contribution in [2.45, 2.75) is 31.3 Å². The molecule has 0 radical (unpaired) electrons. The lowest BCUT2D eigenvalue weighted by atomic mass is 10.1. The molecule has 10 heteroatoms. The molecule has 0 bridgehead atoms. The number of benzene rings is 1. The summed E-state index contributed by atoms with van der Waals surface area (Å²) in [6.45, 7) is -0.241. The molecule has 2 rings (SSSR count). The summed E-state index contributed by atoms with van der Waals surface area (Å²) in [5, 5.41) is 7.71. The molecule has 0 aromatic heterocycles. The van der Waals surface area contributed by atoms with Crippen LogP contribution in [0.1, 0.15) is 29.6 Å². The maximum Gasteiger partial charge on any atom is 0.255 e. The molecule has 1 saturated carbocycles. The van der Waals surface area contributed by atoms with Gasteiger partial charge in [-0.2, -0.15) is 0 Å². The van der Waals surface area contributed by atoms with Crippen molar-refractivity contribution in [1.82, 2.24) is 16.0 Å². The lowest BCUT2D eigenvalue weighted by Crippen LogP contribution is -2.49. The zero-order valence-electron chi connectivity index (χ0n) is 15.9. The number of ether oxygens (including phenoxy) is 1. The zero-order chi connectivity index (χ0) is 20.7. The number of rotatable bonds is 10. The highest BCUT2D eigenvalue weighted by atomic mass is 32.2. The van der Waals surface area contributed by atoms with E-state index in [9.17, 15) is 22.8 Å². The van der Waals surface area contributed by atoms with Crippen LogP contribution >= 0.6 is 0 Å². The van der Waals surface area contributed by atoms with Crippen molar-refractivity contribution < 1.29 is 27.5 Å². The largest absolute Gasteiger partial charge is 0.496 e. The van der Waals surface area contributed by atoms with E-state index in [2.05, 4.69) is 16.0 Å². The molecule has 9 nitrogen and oxygen atoms in total. The lowest BCUT2D eigenvalue weighted by Gasteiger charge is -2.19. The van der Waals surface area contributed by atoms with Gasteiger partial charge in [0.25, 0.3) is 5.91 Å². The minimum atomic E-state index is -3.34. The third-order valence-corrected chi connectivity index (χ3v) is 5.09. The second kappa shape index (κ2) is 9.54. The smallest absolute Gasteiger partial charge is 0.255 e. The summed E-state index contributed by atoms with van der Waals surface area (Å²) in [5.41, 5.74) is 0.216. The molecule has 1 fully saturated rings. The molecule has 1 atom stereocenters. The first-order chi connectivity index (χ1) is 13.2. The maximum absolute atomic E-state index is 12.6. The molecular weight excluding hydrogens is 386 g/mol. The van der Waals surface area contributed by atoms with Gasteiger partial charge < -0.3 is 20.7 Å². The van der Waals surface area contributed by atoms with Gasteiger partial charge in [-0.1, -0.05) is 12.1 Å². The normalized spacial score (nSPS) is 14.6. The van der Waals surface area contributed by atoms with Crippen molar-refractivity contribution in [2.75, 3.05) is 25.7 Å². The first kappa shape index (κ1) is 21.7. The van der Waals surface area contributed by atoms with Gasteiger partial charge in [0.05, 0.1) is 25.0 Å². The highest BCUT2D eigenvalue weighted by Crippen LogP contribution is 2.18. The second-order valence-electron chi connectivity index (χ2n) is 6.70. The minimum absolute atomic E-state index is 0.115. The summed E-state index contributed by atoms with van der Waals surface area (Å²) >= 11 is 0. The van der Waals surface area contributed by atoms with E-state index in [1.165, 1.54) is 13.2 Å². The number of carbonyl (C=O) groups excluding carboxylic acids is 3. The summed E-state index contributed by atoms with van der Waals surface area (Å²) < 4.78 is 28.1. The highest BCUT2D eigenvalue weighted by Gasteiger charge is 2.26. The van der Waals surface area contributed by atoms with Crippen LogP contribution in [0.4, 0.5) is 0 Å². The molecule has 0 spiro atoms. The Balaban J connectivity index is 2.03. The van der Waals surface area contributed by atoms with Crippen molar-refractivity contribution in [1.29, 1.82) is 0 Å². The molecular formula is C18H25N3O6S. The fourth-order valence-electron chi connectivity index (χ4n) is 2.47. The Morgan fingerprint density at radius 1 is 1.21 bits per heavy atom. The Morgan fingerprint density at radius 2 is 1.89 bits per heavy atom. The Morgan fingerprint density at radius 3 is 2.50 bits per heavy atom. The molecule has 1 aliphatic carbocycles. The van der Waals surface area contributed by atoms with Gasteiger partial charge >= 0.3 is 0 Å². The lowest BCUT2D eigenvalue weighted by molar-refractivity contribution is -0.127. The number of hydrogen-bond acceptors (Lipinski definition) is 6. The van der Waals surface area contributed by atoms with Crippen LogP contribution in [0.3, 0.4) is 0 Å². The summed E-state index contributed by atoms with van der Waals surface area (Å²) in [6.07, 6.45) is 2.78. The van der Waals surface area contributed by atoms with Crippen molar-refractivity contribution in [3.8, 4) is 5.75 Å². The van der Waals surface area contributed by atoms with Crippen molar-refractivity contribution in [3.05, 3.63) is 29.8 Å². The highest BCUT2D eigenvalue weighted by molar-refractivity contribution is 7.90. The van der Waals surface area contributed by atoms with Crippen LogP contribution in [-0.4, -0.2) is 63.9 Å². The van der Waals surface area contributed by atoms with E-state index < -0.39 is 27.7 Å². The number of amides is 3. The van der Waals surface area contributed by atoms with E-state index in [4.69, 9.17) is 4.74 Å². The number of carbonyl (C=O) groups is 3. The fourth-order valence-corrected chi connectivity index (χ4v) is 3.13. The van der Waals surface area contributed by atoms with Crippen LogP contribution in [0, 0.1) is 0 Å². The molecule has 3 amide bonds. The van der Waals surface area contributed by atoms with Crippen LogP contribution in [0.2, 0.25) is 0 Å². The molecule has 154 valence electrons. The van der Waals surface area contributed by atoms with Crippen molar-refractivity contribution in [3.63, 3.8) is 0 Å². The summed E-state index contributed by atoms with van der Waals surface area (Å²) in [4.78, 5) is 36.8. The Hall–Kier alpha value is -2.62. The summed E-state index contributed by atoms with van der Waals surface area (Å²) in [6, 6.07) is 5.52. The van der Waals surface area contributed by atoms with E-state index in [1.807, 2.05) is 0 Å². The summed E-state index contributed by atoms with van der Waals surface area (Å²) in [7, 11) is -1.93. The van der Waals surface area contributed by atoms with E-state index in [-0.39, 0.29) is 36.2 Å². The molecule has 1 aliphatic rings. The Labute approximate surface area is 164 Å². The molecule has 0 unspecified atom stereocenters. The van der Waals surface area contributed by atoms with Crippen LogP contribution in [0.25, 0.3) is 0 Å². The van der Waals surface area contributed by atoms with Gasteiger partial charge in [-0.15, -0.1) is 0 Å². The first-order valence-electron chi connectivity index (χ1n) is 8.88. The predicted octanol–water partition coefficient (Wildman–Crippen LogP) is -0.377. The molecule has 0 heterocycles. The topological polar surface area (TPSA) is 131 Å². The third-order valence-electron chi connectivity index (χ3n) is 4.12. The van der Waals surface area contributed by atoms with Crippen LogP contribution in [-0.2, 0) is 19.4 Å². The Bertz CT molecular complexity index is 835. The predicted molar refractivity (Wildman–Crippen MR) is 103 cm³/mol. The van der Waals surface area contributed by atoms with Crippen LogP contribution < -0.4 is 20.7 Å². The van der Waals surface area contributed by atoms with E-state index >= 15 is 0 Å². The van der Waals surface area contributed by atoms with Gasteiger partial charge in [-0.25, -0.2) is 8.42 Å². The monoisotopic (exact) mass is 411 g/mol. The van der Waals surface area contributed by atoms with E-state index in [0.29, 0.717) is 5.75 Å². The number of methoxy groups -OCH3 is 1. The standard InChI is InChI=1S/C18H25N3O6S/c1-27-15-6-4-3-5-13(15)17(23)21-14(9-10-28(2,25)26)18(24)19-11-16(22)20-12-7-8-12/h3-6,12,14H,7-11H2,1-2H3,(H,19,24)(H,20,22)(H,21,23)/t14-/m1/s1. The number of para-hydroxylation sites is 1. The van der Waals surface area contributed by atoms with Gasteiger partial charge in [0, 0.05) is 12.3 Å². The number of nitrogens with one attached hydrogen (secondary N) is 3. The molecule has 28 heavy (non-hydrogen) atoms. The molecule has 0 saturated heterocycles. The Kier molecular flexibility index (Phi) is 7.38. The first-order valence-corrected chi connectivity index (χ1v) is 10.9. The molecule has 1 aromatic carbocycles. The van der Waals surface area contributed by atoms with Gasteiger partial charge in [-0.3, -0.25) is 14.4 Å². The second-order valence-corrected chi connectivity index (χ2v) is 8.96. The maximum atomic E-state index is 12.6. The van der Waals surface area contributed by atoms with Gasteiger partial charge in [0.1, 0.15) is 21.6 Å². The average Bonchev–Trinajstić information content (AvgIpc) is 3.46. The molecule has 3 N–H and O–H groups in total. The zero-order valence-corrected chi connectivity index (χ0v) is 16.7. The van der Waals surface area contributed by atoms with Gasteiger partial charge in [0.15, 0.2) is 0 Å². The SMILES string of the molecule is COc1ccccc1C(=O)N[C@H](CCS(C)(=O)=O)C(=O)NCC(=O)NC1CC1. The number of sulfone groups is 1. The van der Waals surface area contributed by atoms with Crippen molar-refractivity contribution >= 4 is 27.6 Å². The third kappa shape index (κ3) is 7.18. The summed E-state index contributed by atoms with van der Waals surface area (Å²) in [5.74, 6) is -1.49. The van der Waals surface area contributed by atoms with E-state index in [0.717, 1.165) is 19.1 Å². The van der Waals surface area contributed by atoms with Gasteiger partial charge in [-0.05, 0) is 31.4 Å². The minimum Gasteiger partial charge on any atom is -0.496 e. The molecule has 1 aromatic rings. The average molecular weight is 411 g/mol.